The molecule has 0 saturated heterocycles. The van der Waals surface area contributed by atoms with Crippen molar-refractivity contribution in [2.75, 3.05) is 5.32 Å². The number of alkyl halides is 3. The fourth-order valence-corrected chi connectivity index (χ4v) is 3.93. The maximum atomic E-state index is 13.3. The van der Waals surface area contributed by atoms with E-state index >= 15 is 0 Å². The third-order valence-corrected chi connectivity index (χ3v) is 6.06. The molecule has 0 aliphatic heterocycles. The van der Waals surface area contributed by atoms with Gasteiger partial charge in [0, 0.05) is 12.1 Å². The van der Waals surface area contributed by atoms with E-state index in [0.717, 1.165) is 19.0 Å². The summed E-state index contributed by atoms with van der Waals surface area (Å²) < 4.78 is 40.0. The largest absolute Gasteiger partial charge is 0.418 e. The van der Waals surface area contributed by atoms with Gasteiger partial charge in [-0.2, -0.15) is 23.4 Å². The second kappa shape index (κ2) is 6.17. The molecule has 3 aromatic rings. The molecule has 146 valence electrons. The molecule has 3 aromatic heterocycles. The highest BCUT2D eigenvalue weighted by Gasteiger charge is 2.38. The summed E-state index contributed by atoms with van der Waals surface area (Å²) in [5, 5.41) is 13.7. The van der Waals surface area contributed by atoms with E-state index in [4.69, 9.17) is 0 Å². The van der Waals surface area contributed by atoms with Crippen LogP contribution < -0.4 is 5.32 Å². The Kier molecular flexibility index (Phi) is 4.12. The minimum atomic E-state index is -4.47. The van der Waals surface area contributed by atoms with E-state index in [1.54, 1.807) is 20.8 Å². The van der Waals surface area contributed by atoms with Gasteiger partial charge in [-0.1, -0.05) is 11.3 Å². The lowest BCUT2D eigenvalue weighted by Crippen LogP contribution is -2.13. The van der Waals surface area contributed by atoms with Crippen molar-refractivity contribution in [3.63, 3.8) is 0 Å². The van der Waals surface area contributed by atoms with Gasteiger partial charge in [0.05, 0.1) is 28.4 Å². The van der Waals surface area contributed by atoms with Crippen molar-refractivity contribution in [1.82, 2.24) is 19.9 Å². The van der Waals surface area contributed by atoms with Crippen LogP contribution >= 0.6 is 11.3 Å². The lowest BCUT2D eigenvalue weighted by Gasteiger charge is -2.10. The number of hydrogen-bond donors (Lipinski definition) is 2. The van der Waals surface area contributed by atoms with Crippen molar-refractivity contribution in [3.8, 4) is 6.07 Å². The Hall–Kier alpha value is -2.67. The van der Waals surface area contributed by atoms with Gasteiger partial charge in [-0.15, -0.1) is 0 Å². The van der Waals surface area contributed by atoms with Gasteiger partial charge in [0.2, 0.25) is 5.95 Å². The minimum absolute atomic E-state index is 0.0126. The van der Waals surface area contributed by atoms with Crippen molar-refractivity contribution in [2.24, 2.45) is 0 Å². The number of fused-ring (bicyclic) bond motifs is 1. The topological polar surface area (TPSA) is 90.3 Å². The minimum Gasteiger partial charge on any atom is -0.345 e. The van der Waals surface area contributed by atoms with Crippen LogP contribution in [0, 0.1) is 18.3 Å². The lowest BCUT2D eigenvalue weighted by molar-refractivity contribution is -0.136. The number of aromatic nitrogens is 4. The molecule has 0 amide bonds. The van der Waals surface area contributed by atoms with E-state index in [0.29, 0.717) is 21.4 Å². The van der Waals surface area contributed by atoms with E-state index in [-0.39, 0.29) is 22.9 Å². The number of rotatable bonds is 4. The molecule has 4 rings (SSSR count). The molecule has 0 radical (unpaired) electrons. The summed E-state index contributed by atoms with van der Waals surface area (Å²) >= 11 is 1.32. The normalized spacial score (nSPS) is 15.0. The number of aromatic amines is 1. The molecule has 0 bridgehead atoms. The molecule has 1 saturated carbocycles. The highest BCUT2D eigenvalue weighted by molar-refractivity contribution is 7.16. The SMILES string of the molecule is Cc1nc(C(C)(C)C#N)sc1Nc1nc(C2CC2)c2c(C(F)(F)F)c[nH]c2n1. The molecule has 2 N–H and O–H groups in total. The number of anilines is 2. The van der Waals surface area contributed by atoms with Crippen molar-refractivity contribution < 1.29 is 13.2 Å². The van der Waals surface area contributed by atoms with Gasteiger partial charge in [0.25, 0.3) is 0 Å². The Bertz CT molecular complexity index is 1100. The first-order valence-corrected chi connectivity index (χ1v) is 9.54. The molecule has 0 spiro atoms. The summed E-state index contributed by atoms with van der Waals surface area (Å²) in [5.41, 5.74) is -0.210. The first kappa shape index (κ1) is 18.7. The molecule has 10 heteroatoms. The summed E-state index contributed by atoms with van der Waals surface area (Å²) in [6.07, 6.45) is -1.89. The van der Waals surface area contributed by atoms with Gasteiger partial charge in [0.1, 0.15) is 21.1 Å². The van der Waals surface area contributed by atoms with Crippen LogP contribution in [-0.2, 0) is 11.6 Å². The van der Waals surface area contributed by atoms with Crippen LogP contribution in [0.1, 0.15) is 54.6 Å². The van der Waals surface area contributed by atoms with Gasteiger partial charge in [-0.3, -0.25) is 0 Å². The molecular weight excluding hydrogens is 389 g/mol. The zero-order valence-corrected chi connectivity index (χ0v) is 16.2. The second-order valence-corrected chi connectivity index (χ2v) is 8.42. The molecule has 0 unspecified atom stereocenters. The number of nitrogens with zero attached hydrogens (tertiary/aromatic N) is 4. The first-order chi connectivity index (χ1) is 13.1. The highest BCUT2D eigenvalue weighted by Crippen LogP contribution is 2.46. The van der Waals surface area contributed by atoms with Crippen LogP contribution in [0.5, 0.6) is 0 Å². The Labute approximate surface area is 162 Å². The molecule has 1 aliphatic carbocycles. The highest BCUT2D eigenvalue weighted by atomic mass is 32.1. The van der Waals surface area contributed by atoms with Crippen molar-refractivity contribution in [2.45, 2.75) is 51.1 Å². The van der Waals surface area contributed by atoms with Crippen molar-refractivity contribution in [3.05, 3.63) is 28.2 Å². The molecule has 1 aliphatic rings. The Morgan fingerprint density at radius 2 is 1.96 bits per heavy atom. The fourth-order valence-electron chi connectivity index (χ4n) is 2.92. The van der Waals surface area contributed by atoms with Crippen LogP contribution in [0.3, 0.4) is 0 Å². The van der Waals surface area contributed by atoms with E-state index in [9.17, 15) is 18.4 Å². The van der Waals surface area contributed by atoms with E-state index in [1.165, 1.54) is 11.3 Å². The zero-order valence-electron chi connectivity index (χ0n) is 15.4. The van der Waals surface area contributed by atoms with Crippen molar-refractivity contribution >= 4 is 33.3 Å². The number of H-pyrrole nitrogens is 1. The summed E-state index contributed by atoms with van der Waals surface area (Å²) in [6, 6.07) is 2.21. The van der Waals surface area contributed by atoms with Gasteiger partial charge in [0.15, 0.2) is 0 Å². The number of thiazole rings is 1. The number of hydrogen-bond acceptors (Lipinski definition) is 6. The van der Waals surface area contributed by atoms with Gasteiger partial charge in [-0.25, -0.2) is 9.97 Å². The van der Waals surface area contributed by atoms with Crippen LogP contribution in [0.4, 0.5) is 24.1 Å². The number of nitriles is 1. The standard InChI is InChI=1S/C18H17F3N6S/c1-8-14(28-15(24-8)17(2,3)7-22)27-16-25-12(9-4-5-9)11-10(18(19,20)21)6-23-13(11)26-16/h6,9H,4-5H2,1-3H3,(H2,23,25,26,27). The lowest BCUT2D eigenvalue weighted by atomic mass is 9.97. The molecule has 0 aromatic carbocycles. The van der Waals surface area contributed by atoms with Gasteiger partial charge in [-0.05, 0) is 33.6 Å². The molecular formula is C18H17F3N6S. The molecule has 0 atom stereocenters. The maximum absolute atomic E-state index is 13.3. The fraction of sp³-hybridized carbons (Fsp3) is 0.444. The maximum Gasteiger partial charge on any atom is 0.418 e. The number of halogens is 3. The molecule has 1 fully saturated rings. The summed E-state index contributed by atoms with van der Waals surface area (Å²) in [6.45, 7) is 5.35. The Morgan fingerprint density at radius 1 is 1.25 bits per heavy atom. The zero-order chi connectivity index (χ0) is 20.3. The summed E-state index contributed by atoms with van der Waals surface area (Å²) in [4.78, 5) is 15.7. The van der Waals surface area contributed by atoms with Crippen LogP contribution in [0.2, 0.25) is 0 Å². The van der Waals surface area contributed by atoms with E-state index in [2.05, 4.69) is 31.3 Å². The quantitative estimate of drug-likeness (QED) is 0.624. The third-order valence-electron chi connectivity index (χ3n) is 4.67. The number of nitrogens with one attached hydrogen (secondary N) is 2. The first-order valence-electron chi connectivity index (χ1n) is 8.72. The van der Waals surface area contributed by atoms with Gasteiger partial charge >= 0.3 is 6.18 Å². The molecule has 3 heterocycles. The van der Waals surface area contributed by atoms with E-state index in [1.807, 2.05) is 0 Å². The molecule has 28 heavy (non-hydrogen) atoms. The van der Waals surface area contributed by atoms with Crippen LogP contribution in [-0.4, -0.2) is 19.9 Å². The Morgan fingerprint density at radius 3 is 2.57 bits per heavy atom. The predicted molar refractivity (Wildman–Crippen MR) is 99.6 cm³/mol. The smallest absolute Gasteiger partial charge is 0.345 e. The predicted octanol–water partition coefficient (Wildman–Crippen LogP) is 5.16. The van der Waals surface area contributed by atoms with Crippen LogP contribution in [0.25, 0.3) is 11.0 Å². The summed E-state index contributed by atoms with van der Waals surface area (Å²) in [7, 11) is 0. The Balaban J connectivity index is 1.76. The van der Waals surface area contributed by atoms with Crippen molar-refractivity contribution in [1.29, 1.82) is 5.26 Å². The summed E-state index contributed by atoms with van der Waals surface area (Å²) in [5.74, 6) is 0.233. The third kappa shape index (κ3) is 3.20. The molecule has 6 nitrogen and oxygen atoms in total. The monoisotopic (exact) mass is 406 g/mol. The van der Waals surface area contributed by atoms with Gasteiger partial charge < -0.3 is 10.3 Å². The second-order valence-electron chi connectivity index (χ2n) is 7.43. The average molecular weight is 406 g/mol. The van der Waals surface area contributed by atoms with Crippen LogP contribution in [0.15, 0.2) is 6.20 Å². The van der Waals surface area contributed by atoms with E-state index < -0.39 is 17.2 Å². The average Bonchev–Trinajstić information content (AvgIpc) is 3.26. The number of aryl methyl sites for hydroxylation is 1.